The summed E-state index contributed by atoms with van der Waals surface area (Å²) in [5.74, 6) is -1.24. The van der Waals surface area contributed by atoms with Gasteiger partial charge in [0.1, 0.15) is 0 Å². The van der Waals surface area contributed by atoms with Gasteiger partial charge in [0.15, 0.2) is 6.61 Å². The molecule has 0 saturated carbocycles. The van der Waals surface area contributed by atoms with Crippen molar-refractivity contribution < 1.29 is 19.1 Å². The minimum Gasteiger partial charge on any atom is -0.455 e. The fraction of sp³-hybridized carbons (Fsp3) is 0.400. The molecule has 0 radical (unpaired) electrons. The van der Waals surface area contributed by atoms with Crippen LogP contribution in [-0.2, 0) is 19.1 Å². The van der Waals surface area contributed by atoms with Crippen LogP contribution in [0.4, 0.5) is 5.69 Å². The topological polar surface area (TPSA) is 75.7 Å². The zero-order valence-corrected chi connectivity index (χ0v) is 18.3. The van der Waals surface area contributed by atoms with Crippen molar-refractivity contribution in [3.8, 4) is 0 Å². The first-order valence-electron chi connectivity index (χ1n) is 10.8. The molecule has 3 rings (SSSR count). The second-order valence-corrected chi connectivity index (χ2v) is 8.08. The number of anilines is 1. The maximum absolute atomic E-state index is 12.6. The Morgan fingerprint density at radius 3 is 2.48 bits per heavy atom. The van der Waals surface area contributed by atoms with Crippen LogP contribution in [0.15, 0.2) is 54.6 Å². The molecule has 1 aliphatic heterocycles. The Morgan fingerprint density at radius 1 is 1.10 bits per heavy atom. The molecular formula is C25H30N2O4. The van der Waals surface area contributed by atoms with Crippen LogP contribution in [0.25, 0.3) is 0 Å². The van der Waals surface area contributed by atoms with Gasteiger partial charge in [0.25, 0.3) is 5.91 Å². The third-order valence-corrected chi connectivity index (χ3v) is 5.85. The van der Waals surface area contributed by atoms with E-state index in [0.29, 0.717) is 5.92 Å². The van der Waals surface area contributed by atoms with Crippen molar-refractivity contribution in [1.82, 2.24) is 5.32 Å². The zero-order valence-electron chi connectivity index (χ0n) is 18.3. The molecule has 164 valence electrons. The van der Waals surface area contributed by atoms with Crippen LogP contribution in [-0.4, -0.2) is 30.9 Å². The number of para-hydroxylation sites is 1. The number of nitrogens with zero attached hydrogens (tertiary/aromatic N) is 1. The van der Waals surface area contributed by atoms with Crippen molar-refractivity contribution in [2.24, 2.45) is 5.92 Å². The van der Waals surface area contributed by atoms with Gasteiger partial charge in [-0.15, -0.1) is 0 Å². The minimum atomic E-state index is -0.572. The lowest BCUT2D eigenvalue weighted by Crippen LogP contribution is -2.33. The number of amides is 2. The van der Waals surface area contributed by atoms with Crippen molar-refractivity contribution in [2.45, 2.75) is 45.6 Å². The molecule has 6 heteroatoms. The monoisotopic (exact) mass is 422 g/mol. The number of hydrogen-bond acceptors (Lipinski definition) is 4. The highest BCUT2D eigenvalue weighted by atomic mass is 16.5. The van der Waals surface area contributed by atoms with Gasteiger partial charge >= 0.3 is 5.97 Å². The lowest BCUT2D eigenvalue weighted by atomic mass is 9.96. The molecule has 0 bridgehead atoms. The molecule has 1 saturated heterocycles. The van der Waals surface area contributed by atoms with Crippen LogP contribution in [0.1, 0.15) is 56.7 Å². The van der Waals surface area contributed by atoms with E-state index in [4.69, 9.17) is 4.74 Å². The molecule has 1 N–H and O–H groups in total. The SMILES string of the molecule is CC[C@@H](C)c1ccccc1N1C[C@H](C(=O)OCC(=O)N[C@@H](C)c2ccccc2)CC1=O. The zero-order chi connectivity index (χ0) is 22.4. The predicted octanol–water partition coefficient (Wildman–Crippen LogP) is 3.97. The molecule has 2 amide bonds. The molecule has 1 fully saturated rings. The number of ether oxygens (including phenoxy) is 1. The van der Waals surface area contributed by atoms with Gasteiger partial charge in [-0.2, -0.15) is 0 Å². The van der Waals surface area contributed by atoms with Gasteiger partial charge in [-0.25, -0.2) is 0 Å². The van der Waals surface area contributed by atoms with Crippen LogP contribution in [0.5, 0.6) is 0 Å². The summed E-state index contributed by atoms with van der Waals surface area (Å²) >= 11 is 0. The molecule has 0 unspecified atom stereocenters. The van der Waals surface area contributed by atoms with Crippen LogP contribution in [0.3, 0.4) is 0 Å². The first kappa shape index (κ1) is 22.5. The average Bonchev–Trinajstić information content (AvgIpc) is 3.19. The summed E-state index contributed by atoms with van der Waals surface area (Å²) in [5, 5.41) is 2.82. The van der Waals surface area contributed by atoms with E-state index in [1.165, 1.54) is 0 Å². The van der Waals surface area contributed by atoms with E-state index in [2.05, 4.69) is 19.2 Å². The summed E-state index contributed by atoms with van der Waals surface area (Å²) in [6.07, 6.45) is 1.05. The largest absolute Gasteiger partial charge is 0.455 e. The maximum atomic E-state index is 12.6. The van der Waals surface area contributed by atoms with Gasteiger partial charge in [0.05, 0.1) is 12.0 Å². The maximum Gasteiger partial charge on any atom is 0.311 e. The molecule has 0 aliphatic carbocycles. The standard InChI is InChI=1S/C25H30N2O4/c1-4-17(2)21-12-8-9-13-22(21)27-15-20(14-24(27)29)25(30)31-16-23(28)26-18(3)19-10-6-5-7-11-19/h5-13,17-18,20H,4,14-16H2,1-3H3,(H,26,28)/t17-,18+,20-/m1/s1. The predicted molar refractivity (Wildman–Crippen MR) is 120 cm³/mol. The second kappa shape index (κ2) is 10.2. The molecule has 2 aromatic carbocycles. The molecule has 1 aliphatic rings. The summed E-state index contributed by atoms with van der Waals surface area (Å²) in [4.78, 5) is 39.0. The Balaban J connectivity index is 1.56. The van der Waals surface area contributed by atoms with Gasteiger partial charge in [-0.3, -0.25) is 14.4 Å². The van der Waals surface area contributed by atoms with Crippen molar-refractivity contribution in [3.63, 3.8) is 0 Å². The normalized spacial score (nSPS) is 17.8. The number of rotatable bonds is 8. The van der Waals surface area contributed by atoms with Gasteiger partial charge in [0.2, 0.25) is 5.91 Å². The molecule has 0 aromatic heterocycles. The number of carbonyl (C=O) groups is 3. The summed E-state index contributed by atoms with van der Waals surface area (Å²) in [5.41, 5.74) is 2.92. The molecule has 6 nitrogen and oxygen atoms in total. The Bertz CT molecular complexity index is 928. The van der Waals surface area contributed by atoms with E-state index in [1.54, 1.807) is 4.90 Å². The van der Waals surface area contributed by atoms with E-state index in [0.717, 1.165) is 23.2 Å². The Morgan fingerprint density at radius 2 is 1.77 bits per heavy atom. The van der Waals surface area contributed by atoms with E-state index >= 15 is 0 Å². The van der Waals surface area contributed by atoms with Crippen LogP contribution in [0, 0.1) is 5.92 Å². The summed E-state index contributed by atoms with van der Waals surface area (Å²) in [7, 11) is 0. The number of carbonyl (C=O) groups excluding carboxylic acids is 3. The quantitative estimate of drug-likeness (QED) is 0.653. The van der Waals surface area contributed by atoms with Crippen LogP contribution >= 0.6 is 0 Å². The highest BCUT2D eigenvalue weighted by Crippen LogP contribution is 2.33. The Kier molecular flexibility index (Phi) is 7.45. The van der Waals surface area contributed by atoms with E-state index in [1.807, 2.05) is 61.5 Å². The van der Waals surface area contributed by atoms with E-state index in [9.17, 15) is 14.4 Å². The number of nitrogens with one attached hydrogen (secondary N) is 1. The summed E-state index contributed by atoms with van der Waals surface area (Å²) in [6.45, 7) is 6.02. The highest BCUT2D eigenvalue weighted by Gasteiger charge is 2.37. The van der Waals surface area contributed by atoms with Crippen molar-refractivity contribution >= 4 is 23.5 Å². The molecule has 2 aromatic rings. The summed E-state index contributed by atoms with van der Waals surface area (Å²) < 4.78 is 5.23. The highest BCUT2D eigenvalue weighted by molar-refractivity contribution is 6.00. The summed E-state index contributed by atoms with van der Waals surface area (Å²) in [6, 6.07) is 17.2. The second-order valence-electron chi connectivity index (χ2n) is 8.08. The van der Waals surface area contributed by atoms with Crippen LogP contribution in [0.2, 0.25) is 0 Å². The molecule has 31 heavy (non-hydrogen) atoms. The molecular weight excluding hydrogens is 392 g/mol. The van der Waals surface area contributed by atoms with Gasteiger partial charge in [0, 0.05) is 18.7 Å². The smallest absolute Gasteiger partial charge is 0.311 e. The van der Waals surface area contributed by atoms with Crippen molar-refractivity contribution in [3.05, 3.63) is 65.7 Å². The first-order valence-corrected chi connectivity index (χ1v) is 10.8. The van der Waals surface area contributed by atoms with Gasteiger partial charge in [-0.1, -0.05) is 62.4 Å². The number of benzene rings is 2. The Labute approximate surface area is 183 Å². The fourth-order valence-electron chi connectivity index (χ4n) is 3.83. The third-order valence-electron chi connectivity index (χ3n) is 5.85. The third kappa shape index (κ3) is 5.51. The lowest BCUT2D eigenvalue weighted by Gasteiger charge is -2.23. The average molecular weight is 423 g/mol. The van der Waals surface area contributed by atoms with Gasteiger partial charge < -0.3 is 15.0 Å². The first-order chi connectivity index (χ1) is 14.9. The molecule has 0 spiro atoms. The Hall–Kier alpha value is -3.15. The van der Waals surface area contributed by atoms with Crippen molar-refractivity contribution in [2.75, 3.05) is 18.1 Å². The molecule has 1 heterocycles. The minimum absolute atomic E-state index is 0.0930. The van der Waals surface area contributed by atoms with Crippen LogP contribution < -0.4 is 10.2 Å². The van der Waals surface area contributed by atoms with Gasteiger partial charge in [-0.05, 0) is 36.5 Å². The number of hydrogen-bond donors (Lipinski definition) is 1. The lowest BCUT2D eigenvalue weighted by molar-refractivity contribution is -0.152. The van der Waals surface area contributed by atoms with E-state index < -0.39 is 11.9 Å². The number of esters is 1. The fourth-order valence-corrected chi connectivity index (χ4v) is 3.83. The van der Waals surface area contributed by atoms with E-state index in [-0.39, 0.29) is 37.4 Å². The van der Waals surface area contributed by atoms with Crippen molar-refractivity contribution in [1.29, 1.82) is 0 Å². The molecule has 3 atom stereocenters.